The molecule has 0 N–H and O–H groups in total. The van der Waals surface area contributed by atoms with Crippen LogP contribution in [0.1, 0.15) is 6.42 Å². The van der Waals surface area contributed by atoms with E-state index in [0.29, 0.717) is 0 Å². The summed E-state index contributed by atoms with van der Waals surface area (Å²) in [6.45, 7) is 0. The van der Waals surface area contributed by atoms with Crippen molar-refractivity contribution in [3.05, 3.63) is 12.2 Å². The topological polar surface area (TPSA) is 0 Å². The summed E-state index contributed by atoms with van der Waals surface area (Å²) < 4.78 is -1.19. The van der Waals surface area contributed by atoms with Crippen LogP contribution in [0, 0.1) is 5.92 Å². The maximum absolute atomic E-state index is 5.75. The van der Waals surface area contributed by atoms with Gasteiger partial charge in [-0.15, -0.1) is 11.6 Å². The quantitative estimate of drug-likeness (QED) is 0.432. The van der Waals surface area contributed by atoms with E-state index in [0.717, 1.165) is 6.42 Å². The molecule has 0 unspecified atom stereocenters. The lowest BCUT2D eigenvalue weighted by molar-refractivity contribution is 0.652. The summed E-state index contributed by atoms with van der Waals surface area (Å²) in [5.74, 6) is -0.0278. The first-order chi connectivity index (χ1) is 4.50. The van der Waals surface area contributed by atoms with Crippen LogP contribution in [0.5, 0.6) is 0 Å². The largest absolute Gasteiger partial charge is 0.196 e. The third-order valence-corrected chi connectivity index (χ3v) is 2.62. The Bertz CT molecular complexity index is 146. The highest BCUT2D eigenvalue weighted by atomic mass is 35.6. The van der Waals surface area contributed by atoms with Crippen molar-refractivity contribution in [2.45, 2.75) is 15.6 Å². The van der Waals surface area contributed by atoms with Gasteiger partial charge in [-0.05, 0) is 6.42 Å². The molecule has 0 aromatic carbocycles. The number of rotatable bonds is 0. The Labute approximate surface area is 80.1 Å². The molecule has 1 rings (SSSR count). The van der Waals surface area contributed by atoms with Gasteiger partial charge in [-0.2, -0.15) is 0 Å². The van der Waals surface area contributed by atoms with Crippen molar-refractivity contribution in [2.75, 3.05) is 0 Å². The molecule has 0 saturated heterocycles. The summed E-state index contributed by atoms with van der Waals surface area (Å²) in [4.78, 5) is 0. The molecule has 0 amide bonds. The van der Waals surface area contributed by atoms with E-state index >= 15 is 0 Å². The van der Waals surface area contributed by atoms with Gasteiger partial charge in [-0.3, -0.25) is 0 Å². The molecule has 4 heteroatoms. The Kier molecular flexibility index (Phi) is 2.79. The average molecular weight is 220 g/mol. The third kappa shape index (κ3) is 2.20. The highest BCUT2D eigenvalue weighted by molar-refractivity contribution is 6.67. The van der Waals surface area contributed by atoms with Crippen LogP contribution in [0.25, 0.3) is 0 Å². The molecule has 0 bridgehead atoms. The molecule has 58 valence electrons. The number of allylic oxidation sites excluding steroid dienone is 2. The average Bonchev–Trinajstić information content (AvgIpc) is 2.11. The Morgan fingerprint density at radius 2 is 1.80 bits per heavy atom. The Morgan fingerprint density at radius 1 is 1.20 bits per heavy atom. The number of alkyl halides is 4. The van der Waals surface area contributed by atoms with E-state index in [1.807, 2.05) is 12.2 Å². The summed E-state index contributed by atoms with van der Waals surface area (Å²) in [5.41, 5.74) is 0. The maximum Gasteiger partial charge on any atom is 0.196 e. The first-order valence-corrected chi connectivity index (χ1v) is 4.46. The summed E-state index contributed by atoms with van der Waals surface area (Å²) >= 11 is 22.6. The van der Waals surface area contributed by atoms with Crippen LogP contribution >= 0.6 is 46.4 Å². The molecule has 1 aliphatic carbocycles. The molecular formula is C6H6Cl4. The molecule has 0 heterocycles. The lowest BCUT2D eigenvalue weighted by Crippen LogP contribution is -2.15. The number of hydrogen-bond acceptors (Lipinski definition) is 0. The summed E-state index contributed by atoms with van der Waals surface area (Å²) in [5, 5.41) is 0.0284. The highest BCUT2D eigenvalue weighted by Crippen LogP contribution is 2.41. The molecule has 0 aromatic rings. The second-order valence-corrected chi connectivity index (χ2v) is 5.21. The minimum absolute atomic E-state index is 0.0278. The van der Waals surface area contributed by atoms with E-state index in [2.05, 4.69) is 0 Å². The van der Waals surface area contributed by atoms with Crippen molar-refractivity contribution in [1.29, 1.82) is 0 Å². The fourth-order valence-electron chi connectivity index (χ4n) is 0.897. The first-order valence-electron chi connectivity index (χ1n) is 2.89. The molecule has 0 spiro atoms. The molecule has 2 atom stereocenters. The van der Waals surface area contributed by atoms with Crippen LogP contribution in [0.2, 0.25) is 0 Å². The molecular weight excluding hydrogens is 214 g/mol. The molecule has 0 nitrogen and oxygen atoms in total. The predicted octanol–water partition coefficient (Wildman–Crippen LogP) is 3.54. The number of halogens is 4. The van der Waals surface area contributed by atoms with E-state index < -0.39 is 3.79 Å². The smallest absolute Gasteiger partial charge is 0.118 e. The fourth-order valence-corrected chi connectivity index (χ4v) is 1.66. The van der Waals surface area contributed by atoms with E-state index in [1.165, 1.54) is 0 Å². The Balaban J connectivity index is 2.55. The Morgan fingerprint density at radius 3 is 2.00 bits per heavy atom. The second kappa shape index (κ2) is 3.10. The van der Waals surface area contributed by atoms with E-state index in [1.54, 1.807) is 0 Å². The standard InChI is InChI=1S/C6H6Cl4/c7-5-2-1-4(3-5)6(8,9)10/h1-2,4-5H,3H2/t4-,5-/m0/s1. The van der Waals surface area contributed by atoms with Gasteiger partial charge in [0.25, 0.3) is 0 Å². The third-order valence-electron chi connectivity index (χ3n) is 1.45. The van der Waals surface area contributed by atoms with E-state index in [-0.39, 0.29) is 11.3 Å². The maximum atomic E-state index is 5.75. The van der Waals surface area contributed by atoms with Gasteiger partial charge in [0.15, 0.2) is 3.79 Å². The molecule has 0 saturated carbocycles. The van der Waals surface area contributed by atoms with Gasteiger partial charge in [0.2, 0.25) is 0 Å². The van der Waals surface area contributed by atoms with Gasteiger partial charge in [0, 0.05) is 5.92 Å². The van der Waals surface area contributed by atoms with Crippen molar-refractivity contribution in [1.82, 2.24) is 0 Å². The van der Waals surface area contributed by atoms with Crippen molar-refractivity contribution < 1.29 is 0 Å². The SMILES string of the molecule is Cl[C@H]1C=C[C@H](C(Cl)(Cl)Cl)C1. The monoisotopic (exact) mass is 218 g/mol. The van der Waals surface area contributed by atoms with Crippen molar-refractivity contribution in [3.63, 3.8) is 0 Å². The zero-order chi connectivity index (χ0) is 7.78. The fraction of sp³-hybridized carbons (Fsp3) is 0.667. The minimum Gasteiger partial charge on any atom is -0.118 e. The lowest BCUT2D eigenvalue weighted by Gasteiger charge is -2.17. The lowest BCUT2D eigenvalue weighted by atomic mass is 10.1. The highest BCUT2D eigenvalue weighted by Gasteiger charge is 2.34. The van der Waals surface area contributed by atoms with Crippen LogP contribution in [-0.2, 0) is 0 Å². The molecule has 10 heavy (non-hydrogen) atoms. The van der Waals surface area contributed by atoms with Crippen LogP contribution in [0.3, 0.4) is 0 Å². The van der Waals surface area contributed by atoms with Crippen LogP contribution in [0.15, 0.2) is 12.2 Å². The normalized spacial score (nSPS) is 33.2. The van der Waals surface area contributed by atoms with Crippen LogP contribution < -0.4 is 0 Å². The van der Waals surface area contributed by atoms with Crippen molar-refractivity contribution in [3.8, 4) is 0 Å². The van der Waals surface area contributed by atoms with Gasteiger partial charge in [0.1, 0.15) is 0 Å². The van der Waals surface area contributed by atoms with Gasteiger partial charge >= 0.3 is 0 Å². The second-order valence-electron chi connectivity index (χ2n) is 2.28. The molecule has 0 fully saturated rings. The van der Waals surface area contributed by atoms with Gasteiger partial charge in [-0.25, -0.2) is 0 Å². The summed E-state index contributed by atoms with van der Waals surface area (Å²) in [7, 11) is 0. The molecule has 0 radical (unpaired) electrons. The van der Waals surface area contributed by atoms with Gasteiger partial charge in [0.05, 0.1) is 5.38 Å². The zero-order valence-corrected chi connectivity index (χ0v) is 8.05. The molecule has 0 aromatic heterocycles. The van der Waals surface area contributed by atoms with Crippen molar-refractivity contribution in [2.24, 2.45) is 5.92 Å². The van der Waals surface area contributed by atoms with Gasteiger partial charge < -0.3 is 0 Å². The summed E-state index contributed by atoms with van der Waals surface area (Å²) in [6.07, 6.45) is 4.43. The first kappa shape index (κ1) is 8.99. The van der Waals surface area contributed by atoms with E-state index in [4.69, 9.17) is 46.4 Å². The zero-order valence-electron chi connectivity index (χ0n) is 5.03. The van der Waals surface area contributed by atoms with Crippen LogP contribution in [0.4, 0.5) is 0 Å². The predicted molar refractivity (Wildman–Crippen MR) is 47.2 cm³/mol. The summed E-state index contributed by atoms with van der Waals surface area (Å²) in [6, 6.07) is 0. The van der Waals surface area contributed by atoms with E-state index in [9.17, 15) is 0 Å². The molecule has 1 aliphatic rings. The van der Waals surface area contributed by atoms with Crippen molar-refractivity contribution >= 4 is 46.4 Å². The minimum atomic E-state index is -1.19. The Hall–Kier alpha value is 0.900. The van der Waals surface area contributed by atoms with Crippen LogP contribution in [-0.4, -0.2) is 9.17 Å². The molecule has 0 aliphatic heterocycles. The van der Waals surface area contributed by atoms with Gasteiger partial charge in [-0.1, -0.05) is 47.0 Å². The number of hydrogen-bond donors (Lipinski definition) is 0.